The topological polar surface area (TPSA) is 41.6 Å². The van der Waals surface area contributed by atoms with E-state index >= 15 is 0 Å². The summed E-state index contributed by atoms with van der Waals surface area (Å²) in [6.07, 6.45) is 1.96. The number of fused-ring (bicyclic) bond motifs is 1. The molecule has 0 saturated heterocycles. The molecule has 21 heavy (non-hydrogen) atoms. The minimum atomic E-state index is -0.0707. The molecule has 1 atom stereocenters. The van der Waals surface area contributed by atoms with Crippen LogP contribution in [0.2, 0.25) is 0 Å². The van der Waals surface area contributed by atoms with Crippen LogP contribution < -0.4 is 5.32 Å². The Balaban J connectivity index is 2.18. The molecule has 1 amide bonds. The minimum absolute atomic E-state index is 0.0707. The molecule has 0 fully saturated rings. The van der Waals surface area contributed by atoms with Gasteiger partial charge in [0.05, 0.1) is 12.5 Å². The van der Waals surface area contributed by atoms with Gasteiger partial charge in [-0.1, -0.05) is 32.0 Å². The van der Waals surface area contributed by atoms with Gasteiger partial charge in [0.15, 0.2) is 0 Å². The molecule has 0 aliphatic carbocycles. The number of anilines is 1. The standard InChI is InChI=1S/C17H26N2O2/c1-4-13(5-2)19(10-11-21-3)17(20)15-12-18-16-9-7-6-8-14(15)16/h6-9,13,15,18H,4-5,10-12H2,1-3H3. The third-order valence-electron chi connectivity index (χ3n) is 4.33. The summed E-state index contributed by atoms with van der Waals surface area (Å²) in [6, 6.07) is 8.39. The fourth-order valence-corrected chi connectivity index (χ4v) is 3.10. The van der Waals surface area contributed by atoms with Gasteiger partial charge in [-0.15, -0.1) is 0 Å². The van der Waals surface area contributed by atoms with Crippen molar-refractivity contribution in [3.8, 4) is 0 Å². The van der Waals surface area contributed by atoms with E-state index in [1.165, 1.54) is 0 Å². The molecule has 1 heterocycles. The smallest absolute Gasteiger partial charge is 0.232 e. The first-order valence-corrected chi connectivity index (χ1v) is 7.85. The van der Waals surface area contributed by atoms with Crippen molar-refractivity contribution in [2.45, 2.75) is 38.6 Å². The van der Waals surface area contributed by atoms with Crippen LogP contribution >= 0.6 is 0 Å². The summed E-state index contributed by atoms with van der Waals surface area (Å²) >= 11 is 0. The highest BCUT2D eigenvalue weighted by atomic mass is 16.5. The Bertz CT molecular complexity index is 472. The molecule has 0 radical (unpaired) electrons. The fraction of sp³-hybridized carbons (Fsp3) is 0.588. The molecule has 1 aliphatic heterocycles. The number of hydrogen-bond donors (Lipinski definition) is 1. The molecule has 0 spiro atoms. The normalized spacial score (nSPS) is 16.7. The Morgan fingerprint density at radius 3 is 2.76 bits per heavy atom. The molecule has 1 aromatic carbocycles. The summed E-state index contributed by atoms with van der Waals surface area (Å²) in [5.74, 6) is 0.150. The molecule has 1 N–H and O–H groups in total. The summed E-state index contributed by atoms with van der Waals surface area (Å²) < 4.78 is 5.18. The van der Waals surface area contributed by atoms with Crippen molar-refractivity contribution in [2.24, 2.45) is 0 Å². The van der Waals surface area contributed by atoms with Gasteiger partial charge in [0, 0.05) is 31.9 Å². The van der Waals surface area contributed by atoms with Crippen LogP contribution in [-0.2, 0) is 9.53 Å². The van der Waals surface area contributed by atoms with E-state index in [0.717, 1.165) is 24.1 Å². The molecule has 2 rings (SSSR count). The van der Waals surface area contributed by atoms with Gasteiger partial charge >= 0.3 is 0 Å². The largest absolute Gasteiger partial charge is 0.384 e. The molecule has 0 saturated carbocycles. The minimum Gasteiger partial charge on any atom is -0.384 e. The average Bonchev–Trinajstić information content (AvgIpc) is 2.95. The third-order valence-corrected chi connectivity index (χ3v) is 4.33. The van der Waals surface area contributed by atoms with Crippen molar-refractivity contribution < 1.29 is 9.53 Å². The maximum atomic E-state index is 13.0. The lowest BCUT2D eigenvalue weighted by molar-refractivity contribution is -0.135. The monoisotopic (exact) mass is 290 g/mol. The molecule has 1 unspecified atom stereocenters. The van der Waals surface area contributed by atoms with Gasteiger partial charge in [-0.25, -0.2) is 0 Å². The summed E-state index contributed by atoms with van der Waals surface area (Å²) in [5, 5.41) is 3.34. The van der Waals surface area contributed by atoms with Gasteiger partial charge in [-0.2, -0.15) is 0 Å². The second-order valence-corrected chi connectivity index (χ2v) is 5.52. The molecule has 1 aromatic rings. The number of para-hydroxylation sites is 1. The van der Waals surface area contributed by atoms with E-state index < -0.39 is 0 Å². The zero-order chi connectivity index (χ0) is 15.2. The Morgan fingerprint density at radius 2 is 2.10 bits per heavy atom. The highest BCUT2D eigenvalue weighted by Gasteiger charge is 2.33. The van der Waals surface area contributed by atoms with Crippen molar-refractivity contribution in [1.82, 2.24) is 4.90 Å². The third kappa shape index (κ3) is 3.38. The van der Waals surface area contributed by atoms with Gasteiger partial charge in [0.2, 0.25) is 5.91 Å². The zero-order valence-electron chi connectivity index (χ0n) is 13.3. The molecule has 0 bridgehead atoms. The first-order chi connectivity index (χ1) is 10.2. The quantitative estimate of drug-likeness (QED) is 0.839. The number of hydrogen-bond acceptors (Lipinski definition) is 3. The molecule has 0 aromatic heterocycles. The van der Waals surface area contributed by atoms with Crippen LogP contribution in [0.15, 0.2) is 24.3 Å². The molecular formula is C17H26N2O2. The van der Waals surface area contributed by atoms with Gasteiger partial charge in [0.25, 0.3) is 0 Å². The lowest BCUT2D eigenvalue weighted by Gasteiger charge is -2.32. The number of ether oxygens (including phenoxy) is 1. The van der Waals surface area contributed by atoms with E-state index in [4.69, 9.17) is 4.74 Å². The Kier molecular flexibility index (Phi) is 5.62. The first-order valence-electron chi connectivity index (χ1n) is 7.85. The maximum absolute atomic E-state index is 13.0. The van der Waals surface area contributed by atoms with E-state index in [1.807, 2.05) is 23.1 Å². The number of nitrogens with one attached hydrogen (secondary N) is 1. The van der Waals surface area contributed by atoms with E-state index in [0.29, 0.717) is 25.7 Å². The number of methoxy groups -OCH3 is 1. The predicted octanol–water partition coefficient (Wildman–Crippen LogP) is 2.86. The second-order valence-electron chi connectivity index (χ2n) is 5.52. The van der Waals surface area contributed by atoms with E-state index in [1.54, 1.807) is 7.11 Å². The summed E-state index contributed by atoms with van der Waals surface area (Å²) in [6.45, 7) is 6.23. The van der Waals surface area contributed by atoms with Gasteiger partial charge < -0.3 is 15.0 Å². The van der Waals surface area contributed by atoms with E-state index in [-0.39, 0.29) is 11.8 Å². The summed E-state index contributed by atoms with van der Waals surface area (Å²) in [7, 11) is 1.68. The SMILES string of the molecule is CCC(CC)N(CCOC)C(=O)C1CNc2ccccc21. The number of rotatable bonds is 7. The van der Waals surface area contributed by atoms with Gasteiger partial charge in [0.1, 0.15) is 0 Å². The lowest BCUT2D eigenvalue weighted by Crippen LogP contribution is -2.44. The molecule has 116 valence electrons. The zero-order valence-corrected chi connectivity index (χ0v) is 13.3. The van der Waals surface area contributed by atoms with Crippen molar-refractivity contribution in [2.75, 3.05) is 32.1 Å². The van der Waals surface area contributed by atoms with E-state index in [2.05, 4.69) is 25.2 Å². The highest BCUT2D eigenvalue weighted by Crippen LogP contribution is 2.33. The number of carbonyl (C=O) groups is 1. The highest BCUT2D eigenvalue weighted by molar-refractivity contribution is 5.88. The van der Waals surface area contributed by atoms with Crippen LogP contribution in [0, 0.1) is 0 Å². The Morgan fingerprint density at radius 1 is 1.38 bits per heavy atom. The van der Waals surface area contributed by atoms with Crippen molar-refractivity contribution in [3.63, 3.8) is 0 Å². The van der Waals surface area contributed by atoms with Crippen LogP contribution in [0.3, 0.4) is 0 Å². The van der Waals surface area contributed by atoms with E-state index in [9.17, 15) is 4.79 Å². The molecule has 4 nitrogen and oxygen atoms in total. The average molecular weight is 290 g/mol. The number of benzene rings is 1. The van der Waals surface area contributed by atoms with Gasteiger partial charge in [-0.3, -0.25) is 4.79 Å². The molecular weight excluding hydrogens is 264 g/mol. The predicted molar refractivity (Wildman–Crippen MR) is 85.6 cm³/mol. The lowest BCUT2D eigenvalue weighted by atomic mass is 9.98. The van der Waals surface area contributed by atoms with Crippen LogP contribution in [0.5, 0.6) is 0 Å². The first kappa shape index (κ1) is 15.8. The van der Waals surface area contributed by atoms with Crippen LogP contribution in [0.4, 0.5) is 5.69 Å². The molecule has 4 heteroatoms. The van der Waals surface area contributed by atoms with Crippen LogP contribution in [0.1, 0.15) is 38.2 Å². The summed E-state index contributed by atoms with van der Waals surface area (Å²) in [5.41, 5.74) is 2.21. The summed E-state index contributed by atoms with van der Waals surface area (Å²) in [4.78, 5) is 15.0. The van der Waals surface area contributed by atoms with Gasteiger partial charge in [-0.05, 0) is 24.5 Å². The molecule has 1 aliphatic rings. The number of carbonyl (C=O) groups excluding carboxylic acids is 1. The van der Waals surface area contributed by atoms with Crippen LogP contribution in [0.25, 0.3) is 0 Å². The Labute approximate surface area is 127 Å². The maximum Gasteiger partial charge on any atom is 0.232 e. The second kappa shape index (κ2) is 7.46. The fourth-order valence-electron chi connectivity index (χ4n) is 3.10. The number of nitrogens with zero attached hydrogens (tertiary/aromatic N) is 1. The van der Waals surface area contributed by atoms with Crippen molar-refractivity contribution in [3.05, 3.63) is 29.8 Å². The Hall–Kier alpha value is -1.55. The van der Waals surface area contributed by atoms with Crippen LogP contribution in [-0.4, -0.2) is 43.7 Å². The van der Waals surface area contributed by atoms with Crippen molar-refractivity contribution in [1.29, 1.82) is 0 Å². The number of amides is 1. The van der Waals surface area contributed by atoms with Crippen molar-refractivity contribution >= 4 is 11.6 Å².